The van der Waals surface area contributed by atoms with Crippen LogP contribution in [0, 0.1) is 11.8 Å². The molecule has 1 aromatic carbocycles. The van der Waals surface area contributed by atoms with E-state index in [4.69, 9.17) is 4.98 Å². The second kappa shape index (κ2) is 13.2. The summed E-state index contributed by atoms with van der Waals surface area (Å²) in [6, 6.07) is 12.4. The predicted octanol–water partition coefficient (Wildman–Crippen LogP) is 6.84. The first-order chi connectivity index (χ1) is 19.6. The lowest BCUT2D eigenvalue weighted by molar-refractivity contribution is 0.171. The van der Waals surface area contributed by atoms with Gasteiger partial charge in [0.15, 0.2) is 0 Å². The summed E-state index contributed by atoms with van der Waals surface area (Å²) in [5.74, 6) is 1.65. The van der Waals surface area contributed by atoms with Crippen LogP contribution >= 0.6 is 0 Å². The van der Waals surface area contributed by atoms with Crippen molar-refractivity contribution in [3.8, 4) is 22.5 Å². The Morgan fingerprint density at radius 3 is 2.33 bits per heavy atom. The normalized spacial score (nSPS) is 19.8. The highest BCUT2D eigenvalue weighted by Crippen LogP contribution is 2.39. The molecule has 3 heterocycles. The lowest BCUT2D eigenvalue weighted by atomic mass is 9.77. The van der Waals surface area contributed by atoms with Crippen molar-refractivity contribution < 1.29 is 0 Å². The fourth-order valence-electron chi connectivity index (χ4n) is 6.59. The van der Waals surface area contributed by atoms with Gasteiger partial charge in [-0.05, 0) is 54.4 Å². The van der Waals surface area contributed by atoms with E-state index < -0.39 is 0 Å². The molecule has 8 nitrogen and oxygen atoms in total. The molecule has 0 saturated heterocycles. The van der Waals surface area contributed by atoms with Crippen molar-refractivity contribution in [3.63, 3.8) is 0 Å². The van der Waals surface area contributed by atoms with E-state index in [2.05, 4.69) is 58.2 Å². The lowest BCUT2D eigenvalue weighted by Crippen LogP contribution is -2.36. The van der Waals surface area contributed by atoms with E-state index in [9.17, 15) is 4.79 Å². The van der Waals surface area contributed by atoms with Gasteiger partial charge in [0.05, 0.1) is 12.2 Å². The number of nitrogens with one attached hydrogen (secondary N) is 1. The maximum atomic E-state index is 14.1. The number of pyridine rings is 1. The average Bonchev–Trinajstić information content (AvgIpc) is 3.62. The van der Waals surface area contributed by atoms with Gasteiger partial charge in [0, 0.05) is 35.3 Å². The lowest BCUT2D eigenvalue weighted by Gasteiger charge is -2.35. The number of aromatic nitrogens is 7. The molecule has 1 fully saturated rings. The average molecular weight is 542 g/mol. The van der Waals surface area contributed by atoms with Crippen LogP contribution in [0.1, 0.15) is 96.0 Å². The van der Waals surface area contributed by atoms with Crippen LogP contribution in [0.4, 0.5) is 0 Å². The molecule has 1 N–H and O–H groups in total. The SMILES string of the molecule is CCCCc1cn(C2C(CC)CCCCCC2CC)c(=O)n1Cc1ccc(-c2ccccc2-c2nn[nH]n2)cn1. The Morgan fingerprint density at radius 1 is 0.950 bits per heavy atom. The maximum absolute atomic E-state index is 14.1. The van der Waals surface area contributed by atoms with Gasteiger partial charge in [0.2, 0.25) is 5.82 Å². The zero-order chi connectivity index (χ0) is 27.9. The van der Waals surface area contributed by atoms with Crippen LogP contribution in [0.25, 0.3) is 22.5 Å². The molecule has 4 aromatic rings. The highest BCUT2D eigenvalue weighted by Gasteiger charge is 2.32. The molecule has 0 bridgehead atoms. The summed E-state index contributed by atoms with van der Waals surface area (Å²) >= 11 is 0. The quantitative estimate of drug-likeness (QED) is 0.237. The third-order valence-corrected chi connectivity index (χ3v) is 8.83. The summed E-state index contributed by atoms with van der Waals surface area (Å²) in [7, 11) is 0. The van der Waals surface area contributed by atoms with Gasteiger partial charge in [0.25, 0.3) is 0 Å². The van der Waals surface area contributed by atoms with Crippen LogP contribution in [-0.4, -0.2) is 34.7 Å². The van der Waals surface area contributed by atoms with Gasteiger partial charge in [-0.25, -0.2) is 4.79 Å². The van der Waals surface area contributed by atoms with Gasteiger partial charge < -0.3 is 0 Å². The molecule has 3 aromatic heterocycles. The van der Waals surface area contributed by atoms with Crippen molar-refractivity contribution in [2.45, 2.75) is 97.6 Å². The van der Waals surface area contributed by atoms with E-state index in [0.29, 0.717) is 24.2 Å². The molecular weight excluding hydrogens is 498 g/mol. The minimum Gasteiger partial charge on any atom is -0.295 e. The van der Waals surface area contributed by atoms with Gasteiger partial charge in [-0.3, -0.25) is 14.1 Å². The topological polar surface area (TPSA) is 94.3 Å². The van der Waals surface area contributed by atoms with Crippen LogP contribution in [0.3, 0.4) is 0 Å². The van der Waals surface area contributed by atoms with Crippen LogP contribution < -0.4 is 5.69 Å². The molecule has 8 heteroatoms. The predicted molar refractivity (Wildman–Crippen MR) is 159 cm³/mol. The van der Waals surface area contributed by atoms with E-state index in [1.54, 1.807) is 0 Å². The minimum atomic E-state index is 0.127. The molecule has 2 unspecified atom stereocenters. The van der Waals surface area contributed by atoms with Gasteiger partial charge in [-0.15, -0.1) is 10.2 Å². The third-order valence-electron chi connectivity index (χ3n) is 8.83. The molecule has 0 spiro atoms. The molecule has 40 heavy (non-hydrogen) atoms. The Labute approximate surface area is 237 Å². The molecule has 5 rings (SSSR count). The molecular formula is C32H43N7O. The standard InChI is InChI=1S/C32H43N7O/c1-4-7-15-27-22-39(30-23(5-2)13-9-8-10-14-24(30)6-3)32(40)38(27)21-26-19-18-25(20-33-26)28-16-11-12-17-29(28)31-34-36-37-35-31/h11-12,16-20,22-24,30H,4-10,13-15,21H2,1-3H3,(H,34,35,36,37). The van der Waals surface area contributed by atoms with Crippen LogP contribution in [-0.2, 0) is 13.0 Å². The number of H-pyrrole nitrogens is 1. The molecule has 212 valence electrons. The van der Waals surface area contributed by atoms with Crippen LogP contribution in [0.2, 0.25) is 0 Å². The van der Waals surface area contributed by atoms with Gasteiger partial charge in [-0.1, -0.05) is 89.6 Å². The number of imidazole rings is 1. The fourth-order valence-corrected chi connectivity index (χ4v) is 6.59. The number of nitrogens with zero attached hydrogens (tertiary/aromatic N) is 6. The first kappa shape index (κ1) is 28.0. The van der Waals surface area contributed by atoms with Gasteiger partial charge >= 0.3 is 5.69 Å². The molecule has 0 amide bonds. The number of aryl methyl sites for hydroxylation is 1. The van der Waals surface area contributed by atoms with Crippen LogP contribution in [0.5, 0.6) is 0 Å². The largest absolute Gasteiger partial charge is 0.328 e. The summed E-state index contributed by atoms with van der Waals surface area (Å²) in [6.07, 6.45) is 15.7. The minimum absolute atomic E-state index is 0.127. The second-order valence-electron chi connectivity index (χ2n) is 11.3. The van der Waals surface area contributed by atoms with Gasteiger partial charge in [-0.2, -0.15) is 5.21 Å². The van der Waals surface area contributed by atoms with Crippen molar-refractivity contribution in [1.29, 1.82) is 0 Å². The van der Waals surface area contributed by atoms with Gasteiger partial charge in [0.1, 0.15) is 0 Å². The number of benzene rings is 1. The zero-order valence-electron chi connectivity index (χ0n) is 24.2. The van der Waals surface area contributed by atoms with Crippen molar-refractivity contribution in [2.24, 2.45) is 11.8 Å². The summed E-state index contributed by atoms with van der Waals surface area (Å²) in [5, 5.41) is 14.6. The summed E-state index contributed by atoms with van der Waals surface area (Å²) in [6.45, 7) is 7.29. The Hall–Kier alpha value is -3.55. The summed E-state index contributed by atoms with van der Waals surface area (Å²) in [5.41, 5.74) is 5.02. The summed E-state index contributed by atoms with van der Waals surface area (Å²) < 4.78 is 4.12. The number of hydrogen-bond acceptors (Lipinski definition) is 5. The highest BCUT2D eigenvalue weighted by molar-refractivity contribution is 5.79. The highest BCUT2D eigenvalue weighted by atomic mass is 16.1. The van der Waals surface area contributed by atoms with Crippen molar-refractivity contribution in [2.75, 3.05) is 0 Å². The second-order valence-corrected chi connectivity index (χ2v) is 11.3. The maximum Gasteiger partial charge on any atom is 0.328 e. The Bertz CT molecular complexity index is 1390. The zero-order valence-corrected chi connectivity index (χ0v) is 24.2. The molecule has 1 aliphatic carbocycles. The van der Waals surface area contributed by atoms with Crippen LogP contribution in [0.15, 0.2) is 53.6 Å². The monoisotopic (exact) mass is 541 g/mol. The number of aromatic amines is 1. The first-order valence-corrected chi connectivity index (χ1v) is 15.2. The van der Waals surface area contributed by atoms with E-state index >= 15 is 0 Å². The first-order valence-electron chi connectivity index (χ1n) is 15.2. The smallest absolute Gasteiger partial charge is 0.295 e. The van der Waals surface area contributed by atoms with E-state index in [-0.39, 0.29) is 11.7 Å². The number of unbranched alkanes of at least 4 members (excludes halogenated alkanes) is 1. The number of hydrogen-bond donors (Lipinski definition) is 1. The van der Waals surface area contributed by atoms with E-state index in [0.717, 1.165) is 60.2 Å². The van der Waals surface area contributed by atoms with Crippen molar-refractivity contribution >= 4 is 0 Å². The molecule has 1 saturated carbocycles. The molecule has 2 atom stereocenters. The number of tetrazole rings is 1. The molecule has 0 aliphatic heterocycles. The third kappa shape index (κ3) is 5.96. The molecule has 0 radical (unpaired) electrons. The number of rotatable bonds is 10. The van der Waals surface area contributed by atoms with Crippen molar-refractivity contribution in [3.05, 3.63) is 70.7 Å². The summed E-state index contributed by atoms with van der Waals surface area (Å²) in [4.78, 5) is 18.9. The van der Waals surface area contributed by atoms with E-state index in [1.807, 2.05) is 41.1 Å². The molecule has 1 aliphatic rings. The van der Waals surface area contributed by atoms with Crippen molar-refractivity contribution in [1.82, 2.24) is 34.7 Å². The Kier molecular flexibility index (Phi) is 9.24. The van der Waals surface area contributed by atoms with E-state index in [1.165, 1.54) is 32.1 Å². The Balaban J connectivity index is 1.47. The Morgan fingerprint density at radius 2 is 1.70 bits per heavy atom. The fraction of sp³-hybridized carbons (Fsp3) is 0.531.